The molecular formula is C15H27N3O. The zero-order valence-electron chi connectivity index (χ0n) is 12.8. The number of methoxy groups -OCH3 is 1. The molecule has 0 saturated carbocycles. The van der Waals surface area contributed by atoms with E-state index in [1.165, 1.54) is 23.4 Å². The highest BCUT2D eigenvalue weighted by atomic mass is 16.5. The molecule has 0 aliphatic rings. The third-order valence-corrected chi connectivity index (χ3v) is 3.15. The molecule has 0 aliphatic heterocycles. The quantitative estimate of drug-likeness (QED) is 0.696. The van der Waals surface area contributed by atoms with Crippen LogP contribution in [-0.2, 0) is 30.6 Å². The number of nitrogens with one attached hydrogen (secondary N) is 1. The number of aryl methyl sites for hydroxylation is 2. The minimum absolute atomic E-state index is 0.494. The van der Waals surface area contributed by atoms with Crippen molar-refractivity contribution in [1.29, 1.82) is 0 Å². The molecule has 0 amide bonds. The fourth-order valence-corrected chi connectivity index (χ4v) is 2.22. The maximum atomic E-state index is 5.14. The van der Waals surface area contributed by atoms with Gasteiger partial charge in [0, 0.05) is 18.5 Å². The van der Waals surface area contributed by atoms with E-state index < -0.39 is 0 Å². The van der Waals surface area contributed by atoms with E-state index in [1.807, 2.05) is 0 Å². The fraction of sp³-hybridized carbons (Fsp3) is 0.733. The highest BCUT2D eigenvalue weighted by Crippen LogP contribution is 2.14. The van der Waals surface area contributed by atoms with Crippen molar-refractivity contribution in [3.05, 3.63) is 22.8 Å². The van der Waals surface area contributed by atoms with Crippen molar-refractivity contribution in [3.63, 3.8) is 0 Å². The first-order chi connectivity index (χ1) is 9.26. The minimum Gasteiger partial charge on any atom is -0.377 e. The Hall–Kier alpha value is -1.00. The molecule has 4 nitrogen and oxygen atoms in total. The van der Waals surface area contributed by atoms with E-state index in [9.17, 15) is 0 Å². The Morgan fingerprint density at radius 2 is 1.63 bits per heavy atom. The molecule has 0 saturated heterocycles. The van der Waals surface area contributed by atoms with E-state index in [0.717, 1.165) is 38.2 Å². The molecule has 0 radical (unpaired) electrons. The Morgan fingerprint density at radius 1 is 1.00 bits per heavy atom. The first-order valence-corrected chi connectivity index (χ1v) is 7.33. The minimum atomic E-state index is 0.494. The summed E-state index contributed by atoms with van der Waals surface area (Å²) in [7, 11) is 1.68. The van der Waals surface area contributed by atoms with Gasteiger partial charge in [-0.05, 0) is 44.3 Å². The van der Waals surface area contributed by atoms with Crippen LogP contribution in [0.3, 0.4) is 0 Å². The summed E-state index contributed by atoms with van der Waals surface area (Å²) in [5.74, 6) is 0.807. The lowest BCUT2D eigenvalue weighted by Crippen LogP contribution is -2.20. The molecule has 0 unspecified atom stereocenters. The van der Waals surface area contributed by atoms with Crippen LogP contribution in [0.25, 0.3) is 0 Å². The Labute approximate surface area is 117 Å². The van der Waals surface area contributed by atoms with Gasteiger partial charge in [0.1, 0.15) is 6.61 Å². The van der Waals surface area contributed by atoms with E-state index in [1.54, 1.807) is 7.11 Å². The Bertz CT molecular complexity index is 355. The van der Waals surface area contributed by atoms with Crippen LogP contribution >= 0.6 is 0 Å². The third-order valence-electron chi connectivity index (χ3n) is 3.15. The van der Waals surface area contributed by atoms with E-state index in [0.29, 0.717) is 6.61 Å². The summed E-state index contributed by atoms with van der Waals surface area (Å²) in [6.07, 6.45) is 4.09. The van der Waals surface area contributed by atoms with Crippen LogP contribution in [0.2, 0.25) is 0 Å². The van der Waals surface area contributed by atoms with Crippen LogP contribution in [0.5, 0.6) is 0 Å². The van der Waals surface area contributed by atoms with Gasteiger partial charge < -0.3 is 10.1 Å². The smallest absolute Gasteiger partial charge is 0.154 e. The second kappa shape index (κ2) is 8.99. The predicted molar refractivity (Wildman–Crippen MR) is 78.4 cm³/mol. The second-order valence-corrected chi connectivity index (χ2v) is 4.65. The fourth-order valence-electron chi connectivity index (χ4n) is 2.22. The number of hydrogen-bond acceptors (Lipinski definition) is 4. The zero-order chi connectivity index (χ0) is 14.1. The first kappa shape index (κ1) is 16.1. The second-order valence-electron chi connectivity index (χ2n) is 4.65. The molecule has 0 aliphatic carbocycles. The average Bonchev–Trinajstić information content (AvgIpc) is 2.44. The Balaban J connectivity index is 2.86. The van der Waals surface area contributed by atoms with Gasteiger partial charge in [-0.15, -0.1) is 0 Å². The van der Waals surface area contributed by atoms with Crippen LogP contribution in [0.15, 0.2) is 0 Å². The van der Waals surface area contributed by atoms with E-state index in [-0.39, 0.29) is 0 Å². The van der Waals surface area contributed by atoms with Gasteiger partial charge in [-0.3, -0.25) is 0 Å². The van der Waals surface area contributed by atoms with Crippen LogP contribution < -0.4 is 5.32 Å². The monoisotopic (exact) mass is 265 g/mol. The van der Waals surface area contributed by atoms with Gasteiger partial charge in [0.2, 0.25) is 0 Å². The summed E-state index contributed by atoms with van der Waals surface area (Å²) in [4.78, 5) is 9.25. The van der Waals surface area contributed by atoms with Crippen molar-refractivity contribution < 1.29 is 4.74 Å². The molecule has 1 rings (SSSR count). The summed E-state index contributed by atoms with van der Waals surface area (Å²) >= 11 is 0. The van der Waals surface area contributed by atoms with Crippen LogP contribution in [0.4, 0.5) is 0 Å². The summed E-state index contributed by atoms with van der Waals surface area (Å²) in [5.41, 5.74) is 3.68. The molecule has 108 valence electrons. The van der Waals surface area contributed by atoms with Crippen molar-refractivity contribution >= 4 is 0 Å². The van der Waals surface area contributed by atoms with Gasteiger partial charge in [-0.1, -0.05) is 20.8 Å². The van der Waals surface area contributed by atoms with Crippen molar-refractivity contribution in [2.24, 2.45) is 0 Å². The van der Waals surface area contributed by atoms with Crippen LogP contribution in [0.1, 0.15) is 50.0 Å². The first-order valence-electron chi connectivity index (χ1n) is 7.33. The maximum absolute atomic E-state index is 5.14. The molecule has 0 fully saturated rings. The molecule has 1 aromatic rings. The van der Waals surface area contributed by atoms with Crippen molar-refractivity contribution in [1.82, 2.24) is 15.3 Å². The summed E-state index contributed by atoms with van der Waals surface area (Å²) in [6.45, 7) is 9.06. The van der Waals surface area contributed by atoms with Gasteiger partial charge in [0.15, 0.2) is 5.82 Å². The highest BCUT2D eigenvalue weighted by molar-refractivity contribution is 5.27. The van der Waals surface area contributed by atoms with E-state index in [4.69, 9.17) is 4.74 Å². The predicted octanol–water partition coefficient (Wildman–Crippen LogP) is 2.29. The maximum Gasteiger partial charge on any atom is 0.154 e. The molecule has 1 heterocycles. The van der Waals surface area contributed by atoms with Gasteiger partial charge in [0.25, 0.3) is 0 Å². The van der Waals surface area contributed by atoms with Crippen molar-refractivity contribution in [2.75, 3.05) is 20.2 Å². The van der Waals surface area contributed by atoms with Crippen molar-refractivity contribution in [2.45, 2.75) is 53.1 Å². The summed E-state index contributed by atoms with van der Waals surface area (Å²) in [5, 5.41) is 3.45. The number of aromatic nitrogens is 2. The average molecular weight is 265 g/mol. The molecule has 0 atom stereocenters. The Morgan fingerprint density at radius 3 is 2.11 bits per heavy atom. The molecule has 0 bridgehead atoms. The van der Waals surface area contributed by atoms with Crippen LogP contribution in [0, 0.1) is 0 Å². The van der Waals surface area contributed by atoms with Gasteiger partial charge in [-0.25, -0.2) is 9.97 Å². The topological polar surface area (TPSA) is 47.0 Å². The van der Waals surface area contributed by atoms with Gasteiger partial charge >= 0.3 is 0 Å². The molecule has 19 heavy (non-hydrogen) atoms. The third kappa shape index (κ3) is 4.88. The number of ether oxygens (including phenoxy) is 1. The van der Waals surface area contributed by atoms with E-state index in [2.05, 4.69) is 36.1 Å². The molecule has 4 heteroatoms. The highest BCUT2D eigenvalue weighted by Gasteiger charge is 2.11. The van der Waals surface area contributed by atoms with Crippen LogP contribution in [-0.4, -0.2) is 30.2 Å². The Kier molecular flexibility index (Phi) is 7.60. The number of rotatable bonds is 9. The molecule has 1 N–H and O–H groups in total. The largest absolute Gasteiger partial charge is 0.377 e. The lowest BCUT2D eigenvalue weighted by Gasteiger charge is -2.14. The summed E-state index contributed by atoms with van der Waals surface area (Å²) < 4.78 is 5.14. The van der Waals surface area contributed by atoms with Crippen molar-refractivity contribution in [3.8, 4) is 0 Å². The number of hydrogen-bond donors (Lipinski definition) is 1. The lowest BCUT2D eigenvalue weighted by atomic mass is 10.0. The SMILES string of the molecule is CCCNCCc1c(CC)nc(COC)nc1CC. The van der Waals surface area contributed by atoms with Gasteiger partial charge in [0.05, 0.1) is 0 Å². The normalized spacial score (nSPS) is 10.9. The summed E-state index contributed by atoms with van der Waals surface area (Å²) in [6, 6.07) is 0. The molecule has 0 aromatic carbocycles. The van der Waals surface area contributed by atoms with E-state index >= 15 is 0 Å². The standard InChI is InChI=1S/C15H27N3O/c1-5-9-16-10-8-12-13(6-2)17-15(11-19-4)18-14(12)7-3/h16H,5-11H2,1-4H3. The molecular weight excluding hydrogens is 238 g/mol. The molecule has 1 aromatic heterocycles. The zero-order valence-corrected chi connectivity index (χ0v) is 12.8. The van der Waals surface area contributed by atoms with Gasteiger partial charge in [-0.2, -0.15) is 0 Å². The lowest BCUT2D eigenvalue weighted by molar-refractivity contribution is 0.177. The molecule has 0 spiro atoms. The number of nitrogens with zero attached hydrogens (tertiary/aromatic N) is 2.